The Balaban J connectivity index is 1.92. The van der Waals surface area contributed by atoms with Crippen LogP contribution in [-0.2, 0) is 13.1 Å². The predicted octanol–water partition coefficient (Wildman–Crippen LogP) is 3.18. The molecule has 94 valence electrons. The minimum absolute atomic E-state index is 0.813. The van der Waals surface area contributed by atoms with Gasteiger partial charge in [0.15, 0.2) is 0 Å². The Labute approximate surface area is 109 Å². The maximum Gasteiger partial charge on any atom is 0.0314 e. The Morgan fingerprint density at radius 1 is 0.944 bits per heavy atom. The van der Waals surface area contributed by atoms with Crippen LogP contribution in [0.1, 0.15) is 22.3 Å². The van der Waals surface area contributed by atoms with E-state index in [1.807, 2.05) is 12.1 Å². The smallest absolute Gasteiger partial charge is 0.0314 e. The fraction of sp³-hybridized carbons (Fsp3) is 0.250. The van der Waals surface area contributed by atoms with Gasteiger partial charge in [0.1, 0.15) is 0 Å². The first-order valence-corrected chi connectivity index (χ1v) is 6.26. The van der Waals surface area contributed by atoms with E-state index in [1.165, 1.54) is 22.3 Å². The van der Waals surface area contributed by atoms with Crippen LogP contribution in [0.15, 0.2) is 42.5 Å². The average molecular weight is 240 g/mol. The highest BCUT2D eigenvalue weighted by Gasteiger charge is 1.99. The van der Waals surface area contributed by atoms with E-state index >= 15 is 0 Å². The summed E-state index contributed by atoms with van der Waals surface area (Å²) in [6.45, 7) is 6.05. The number of anilines is 1. The van der Waals surface area contributed by atoms with E-state index in [4.69, 9.17) is 5.73 Å². The molecule has 3 N–H and O–H groups in total. The van der Waals surface area contributed by atoms with Crippen molar-refractivity contribution in [1.82, 2.24) is 5.32 Å². The number of hydrogen-bond donors (Lipinski definition) is 2. The maximum atomic E-state index is 5.66. The minimum atomic E-state index is 0.813. The molecule has 0 aliphatic heterocycles. The van der Waals surface area contributed by atoms with Crippen molar-refractivity contribution in [2.24, 2.45) is 0 Å². The number of benzene rings is 2. The summed E-state index contributed by atoms with van der Waals surface area (Å²) < 4.78 is 0. The van der Waals surface area contributed by atoms with Crippen LogP contribution in [0.2, 0.25) is 0 Å². The van der Waals surface area contributed by atoms with Crippen molar-refractivity contribution in [3.8, 4) is 0 Å². The van der Waals surface area contributed by atoms with Crippen molar-refractivity contribution in [3.05, 3.63) is 64.7 Å². The van der Waals surface area contributed by atoms with Gasteiger partial charge in [-0.3, -0.25) is 0 Å². The first kappa shape index (κ1) is 12.7. The highest BCUT2D eigenvalue weighted by Crippen LogP contribution is 2.11. The van der Waals surface area contributed by atoms with Gasteiger partial charge in [0, 0.05) is 18.8 Å². The van der Waals surface area contributed by atoms with Gasteiger partial charge in [-0.1, -0.05) is 35.9 Å². The molecule has 0 unspecified atom stereocenters. The normalized spacial score (nSPS) is 10.6. The van der Waals surface area contributed by atoms with Crippen LogP contribution in [0, 0.1) is 13.8 Å². The van der Waals surface area contributed by atoms with Crippen LogP contribution in [0.3, 0.4) is 0 Å². The van der Waals surface area contributed by atoms with Gasteiger partial charge in [0.05, 0.1) is 0 Å². The minimum Gasteiger partial charge on any atom is -0.399 e. The molecule has 0 atom stereocenters. The molecule has 0 amide bonds. The molecule has 0 radical (unpaired) electrons. The van der Waals surface area contributed by atoms with Crippen LogP contribution in [0.4, 0.5) is 5.69 Å². The molecule has 2 aromatic rings. The van der Waals surface area contributed by atoms with Crippen molar-refractivity contribution in [1.29, 1.82) is 0 Å². The lowest BCUT2D eigenvalue weighted by Crippen LogP contribution is -2.13. The van der Waals surface area contributed by atoms with Crippen molar-refractivity contribution in [3.63, 3.8) is 0 Å². The summed E-state index contributed by atoms with van der Waals surface area (Å²) >= 11 is 0. The predicted molar refractivity (Wildman–Crippen MR) is 77.3 cm³/mol. The average Bonchev–Trinajstić information content (AvgIpc) is 2.36. The summed E-state index contributed by atoms with van der Waals surface area (Å²) in [6, 6.07) is 14.6. The van der Waals surface area contributed by atoms with Crippen molar-refractivity contribution < 1.29 is 0 Å². The molecule has 2 nitrogen and oxygen atoms in total. The van der Waals surface area contributed by atoms with Crippen molar-refractivity contribution in [2.75, 3.05) is 5.73 Å². The standard InChI is InChI=1S/C16H20N2/c1-12-3-4-13(2)15(9-12)11-18-10-14-5-7-16(17)8-6-14/h3-9,18H,10-11,17H2,1-2H3. The maximum absolute atomic E-state index is 5.66. The zero-order valence-corrected chi connectivity index (χ0v) is 11.0. The third kappa shape index (κ3) is 3.34. The molecule has 0 aliphatic rings. The summed E-state index contributed by atoms with van der Waals surface area (Å²) in [5.74, 6) is 0. The molecule has 18 heavy (non-hydrogen) atoms. The van der Waals surface area contributed by atoms with E-state index < -0.39 is 0 Å². The molecule has 0 aliphatic carbocycles. The zero-order valence-electron chi connectivity index (χ0n) is 11.0. The first-order chi connectivity index (χ1) is 8.65. The summed E-state index contributed by atoms with van der Waals surface area (Å²) in [6.07, 6.45) is 0. The first-order valence-electron chi connectivity index (χ1n) is 6.26. The third-order valence-electron chi connectivity index (χ3n) is 3.13. The number of nitrogens with two attached hydrogens (primary N) is 1. The fourth-order valence-corrected chi connectivity index (χ4v) is 1.97. The Morgan fingerprint density at radius 2 is 1.67 bits per heavy atom. The highest BCUT2D eigenvalue weighted by molar-refractivity contribution is 5.39. The van der Waals surface area contributed by atoms with Gasteiger partial charge in [-0.2, -0.15) is 0 Å². The number of hydrogen-bond acceptors (Lipinski definition) is 2. The van der Waals surface area contributed by atoms with Crippen LogP contribution in [0.25, 0.3) is 0 Å². The Kier molecular flexibility index (Phi) is 4.00. The lowest BCUT2D eigenvalue weighted by molar-refractivity contribution is 0.690. The third-order valence-corrected chi connectivity index (χ3v) is 3.13. The second-order valence-electron chi connectivity index (χ2n) is 4.78. The lowest BCUT2D eigenvalue weighted by Gasteiger charge is -2.09. The van der Waals surface area contributed by atoms with Gasteiger partial charge < -0.3 is 11.1 Å². The molecular weight excluding hydrogens is 220 g/mol. The summed E-state index contributed by atoms with van der Waals surface area (Å²) in [5.41, 5.74) is 11.7. The van der Waals surface area contributed by atoms with Crippen molar-refractivity contribution in [2.45, 2.75) is 26.9 Å². The SMILES string of the molecule is Cc1ccc(C)c(CNCc2ccc(N)cc2)c1. The van der Waals surface area contributed by atoms with Crippen LogP contribution in [-0.4, -0.2) is 0 Å². The van der Waals surface area contributed by atoms with E-state index in [1.54, 1.807) is 0 Å². The Morgan fingerprint density at radius 3 is 2.39 bits per heavy atom. The van der Waals surface area contributed by atoms with E-state index in [9.17, 15) is 0 Å². The van der Waals surface area contributed by atoms with Crippen LogP contribution < -0.4 is 11.1 Å². The highest BCUT2D eigenvalue weighted by atomic mass is 14.8. The van der Waals surface area contributed by atoms with Gasteiger partial charge in [-0.05, 0) is 42.7 Å². The molecule has 2 aromatic carbocycles. The quantitative estimate of drug-likeness (QED) is 0.806. The number of nitrogen functional groups attached to an aromatic ring is 1. The van der Waals surface area contributed by atoms with Gasteiger partial charge in [-0.25, -0.2) is 0 Å². The topological polar surface area (TPSA) is 38.0 Å². The van der Waals surface area contributed by atoms with Gasteiger partial charge in [0.2, 0.25) is 0 Å². The van der Waals surface area contributed by atoms with Gasteiger partial charge >= 0.3 is 0 Å². The monoisotopic (exact) mass is 240 g/mol. The largest absolute Gasteiger partial charge is 0.399 e. The van der Waals surface area contributed by atoms with Gasteiger partial charge in [0.25, 0.3) is 0 Å². The molecular formula is C16H20N2. The molecule has 0 heterocycles. The molecule has 0 saturated carbocycles. The fourth-order valence-electron chi connectivity index (χ4n) is 1.97. The van der Waals surface area contributed by atoms with Crippen molar-refractivity contribution >= 4 is 5.69 Å². The molecule has 2 rings (SSSR count). The lowest BCUT2D eigenvalue weighted by atomic mass is 10.1. The van der Waals surface area contributed by atoms with E-state index in [2.05, 4.69) is 49.5 Å². The number of rotatable bonds is 4. The second-order valence-corrected chi connectivity index (χ2v) is 4.78. The summed E-state index contributed by atoms with van der Waals surface area (Å²) in [4.78, 5) is 0. The molecule has 0 saturated heterocycles. The molecule has 0 aromatic heterocycles. The zero-order chi connectivity index (χ0) is 13.0. The molecule has 0 spiro atoms. The van der Waals surface area contributed by atoms with Gasteiger partial charge in [-0.15, -0.1) is 0 Å². The molecule has 2 heteroatoms. The van der Waals surface area contributed by atoms with Crippen LogP contribution in [0.5, 0.6) is 0 Å². The molecule has 0 bridgehead atoms. The number of nitrogens with one attached hydrogen (secondary N) is 1. The Bertz CT molecular complexity index is 515. The number of aryl methyl sites for hydroxylation is 2. The second kappa shape index (κ2) is 5.69. The Hall–Kier alpha value is -1.80. The van der Waals surface area contributed by atoms with E-state index in [0.717, 1.165) is 18.8 Å². The van der Waals surface area contributed by atoms with E-state index in [0.29, 0.717) is 0 Å². The summed E-state index contributed by atoms with van der Waals surface area (Å²) in [5, 5.41) is 3.46. The summed E-state index contributed by atoms with van der Waals surface area (Å²) in [7, 11) is 0. The van der Waals surface area contributed by atoms with Crippen LogP contribution >= 0.6 is 0 Å². The molecule has 0 fully saturated rings. The van der Waals surface area contributed by atoms with E-state index in [-0.39, 0.29) is 0 Å².